The van der Waals surface area contributed by atoms with Gasteiger partial charge in [0.25, 0.3) is 0 Å². The molecule has 3 heteroatoms. The number of halogens is 1. The Morgan fingerprint density at radius 2 is 1.80 bits per heavy atom. The molecule has 0 bridgehead atoms. The Hall–Kier alpha value is -1.16. The van der Waals surface area contributed by atoms with Gasteiger partial charge >= 0.3 is 0 Å². The Bertz CT molecular complexity index is 597. The molecule has 3 N–H and O–H groups in total. The van der Waals surface area contributed by atoms with Crippen molar-refractivity contribution in [3.63, 3.8) is 0 Å². The number of rotatable bonds is 4. The van der Waals surface area contributed by atoms with E-state index in [1.165, 1.54) is 5.56 Å². The lowest BCUT2D eigenvalue weighted by Gasteiger charge is -2.23. The van der Waals surface area contributed by atoms with Gasteiger partial charge in [-0.05, 0) is 36.6 Å². The van der Waals surface area contributed by atoms with Crippen LogP contribution >= 0.6 is 15.9 Å². The summed E-state index contributed by atoms with van der Waals surface area (Å²) in [6.07, 6.45) is -0.614. The maximum atomic E-state index is 10.7. The van der Waals surface area contributed by atoms with Crippen LogP contribution in [0.1, 0.15) is 34.3 Å². The van der Waals surface area contributed by atoms with Gasteiger partial charge < -0.3 is 10.8 Å². The standard InChI is InChI=1S/C17H20BrNO/c1-11-4-3-5-13(8-11)15(10-19)17(20)14-7-6-12(2)9-16(14)18/h3-9,15,17,20H,10,19H2,1-2H3. The van der Waals surface area contributed by atoms with E-state index >= 15 is 0 Å². The minimum absolute atomic E-state index is 0.103. The van der Waals surface area contributed by atoms with Crippen LogP contribution in [0.4, 0.5) is 0 Å². The van der Waals surface area contributed by atoms with Crippen LogP contribution in [0.15, 0.2) is 46.9 Å². The molecule has 0 fully saturated rings. The highest BCUT2D eigenvalue weighted by Crippen LogP contribution is 2.34. The zero-order chi connectivity index (χ0) is 14.7. The lowest BCUT2D eigenvalue weighted by Crippen LogP contribution is -2.20. The first-order valence-electron chi connectivity index (χ1n) is 6.73. The quantitative estimate of drug-likeness (QED) is 0.892. The van der Waals surface area contributed by atoms with Crippen LogP contribution in [-0.4, -0.2) is 11.7 Å². The summed E-state index contributed by atoms with van der Waals surface area (Å²) in [5, 5.41) is 10.7. The van der Waals surface area contributed by atoms with E-state index < -0.39 is 6.10 Å². The van der Waals surface area contributed by atoms with Crippen LogP contribution in [0.5, 0.6) is 0 Å². The molecule has 0 saturated heterocycles. The summed E-state index contributed by atoms with van der Waals surface area (Å²) in [5.74, 6) is -0.103. The van der Waals surface area contributed by atoms with Crippen LogP contribution in [0, 0.1) is 13.8 Å². The minimum Gasteiger partial charge on any atom is -0.388 e. The van der Waals surface area contributed by atoms with Crippen molar-refractivity contribution in [1.82, 2.24) is 0 Å². The van der Waals surface area contributed by atoms with E-state index in [2.05, 4.69) is 22.0 Å². The van der Waals surface area contributed by atoms with Crippen LogP contribution < -0.4 is 5.73 Å². The highest BCUT2D eigenvalue weighted by Gasteiger charge is 2.23. The molecule has 0 spiro atoms. The summed E-state index contributed by atoms with van der Waals surface area (Å²) in [6, 6.07) is 14.1. The molecule has 106 valence electrons. The topological polar surface area (TPSA) is 46.2 Å². The zero-order valence-corrected chi connectivity index (χ0v) is 13.4. The molecule has 2 unspecified atom stereocenters. The molecule has 0 radical (unpaired) electrons. The van der Waals surface area contributed by atoms with Crippen LogP contribution in [0.25, 0.3) is 0 Å². The Kier molecular flexibility index (Phi) is 4.97. The molecular weight excluding hydrogens is 314 g/mol. The van der Waals surface area contributed by atoms with Gasteiger partial charge in [0.1, 0.15) is 0 Å². The largest absolute Gasteiger partial charge is 0.388 e. The zero-order valence-electron chi connectivity index (χ0n) is 11.8. The van der Waals surface area contributed by atoms with Gasteiger partial charge in [0.2, 0.25) is 0 Å². The summed E-state index contributed by atoms with van der Waals surface area (Å²) in [4.78, 5) is 0. The molecule has 2 aromatic rings. The molecule has 2 atom stereocenters. The number of hydrogen-bond acceptors (Lipinski definition) is 2. The van der Waals surface area contributed by atoms with Crippen molar-refractivity contribution in [3.05, 3.63) is 69.2 Å². The first kappa shape index (κ1) is 15.2. The molecule has 2 nitrogen and oxygen atoms in total. The summed E-state index contributed by atoms with van der Waals surface area (Å²) < 4.78 is 0.927. The fourth-order valence-electron chi connectivity index (χ4n) is 2.44. The second-order valence-corrected chi connectivity index (χ2v) is 6.08. The molecule has 0 aromatic heterocycles. The molecule has 0 saturated carbocycles. The van der Waals surface area contributed by atoms with E-state index in [0.717, 1.165) is 21.2 Å². The van der Waals surface area contributed by atoms with E-state index in [0.29, 0.717) is 6.54 Å². The third-order valence-electron chi connectivity index (χ3n) is 3.58. The minimum atomic E-state index is -0.614. The summed E-state index contributed by atoms with van der Waals surface area (Å²) in [6.45, 7) is 4.48. The van der Waals surface area contributed by atoms with Crippen LogP contribution in [-0.2, 0) is 0 Å². The van der Waals surface area contributed by atoms with Crippen molar-refractivity contribution < 1.29 is 5.11 Å². The highest BCUT2D eigenvalue weighted by atomic mass is 79.9. The van der Waals surface area contributed by atoms with Crippen LogP contribution in [0.3, 0.4) is 0 Å². The molecule has 2 rings (SSSR count). The summed E-state index contributed by atoms with van der Waals surface area (Å²) in [7, 11) is 0. The van der Waals surface area contributed by atoms with Gasteiger partial charge in [0.05, 0.1) is 6.10 Å². The fraction of sp³-hybridized carbons (Fsp3) is 0.294. The van der Waals surface area contributed by atoms with Gasteiger partial charge in [-0.3, -0.25) is 0 Å². The van der Waals surface area contributed by atoms with E-state index in [-0.39, 0.29) is 5.92 Å². The first-order chi connectivity index (χ1) is 9.52. The van der Waals surface area contributed by atoms with Crippen molar-refractivity contribution in [2.24, 2.45) is 5.73 Å². The van der Waals surface area contributed by atoms with Gasteiger partial charge in [-0.25, -0.2) is 0 Å². The number of aryl methyl sites for hydroxylation is 2. The Balaban J connectivity index is 2.36. The van der Waals surface area contributed by atoms with E-state index in [4.69, 9.17) is 5.73 Å². The Morgan fingerprint density at radius 3 is 2.40 bits per heavy atom. The van der Waals surface area contributed by atoms with E-state index in [9.17, 15) is 5.11 Å². The van der Waals surface area contributed by atoms with Gasteiger partial charge in [0, 0.05) is 16.9 Å². The monoisotopic (exact) mass is 333 g/mol. The van der Waals surface area contributed by atoms with Gasteiger partial charge in [-0.2, -0.15) is 0 Å². The normalized spacial score (nSPS) is 14.1. The first-order valence-corrected chi connectivity index (χ1v) is 7.53. The van der Waals surface area contributed by atoms with Crippen LogP contribution in [0.2, 0.25) is 0 Å². The molecule has 0 aliphatic carbocycles. The molecule has 0 heterocycles. The van der Waals surface area contributed by atoms with Gasteiger partial charge in [0.15, 0.2) is 0 Å². The number of nitrogens with two attached hydrogens (primary N) is 1. The predicted octanol–water partition coefficient (Wildman–Crippen LogP) is 3.84. The van der Waals surface area contributed by atoms with Crippen molar-refractivity contribution in [1.29, 1.82) is 0 Å². The second-order valence-electron chi connectivity index (χ2n) is 5.23. The summed E-state index contributed by atoms with van der Waals surface area (Å²) >= 11 is 3.53. The van der Waals surface area contributed by atoms with E-state index in [1.54, 1.807) is 0 Å². The average molecular weight is 334 g/mol. The SMILES string of the molecule is Cc1cccc(C(CN)C(O)c2ccc(C)cc2Br)c1. The Labute approximate surface area is 128 Å². The van der Waals surface area contributed by atoms with Crippen molar-refractivity contribution in [2.75, 3.05) is 6.54 Å². The Morgan fingerprint density at radius 1 is 1.10 bits per heavy atom. The number of benzene rings is 2. The molecule has 20 heavy (non-hydrogen) atoms. The van der Waals surface area contributed by atoms with Crippen molar-refractivity contribution in [3.8, 4) is 0 Å². The molecule has 2 aromatic carbocycles. The lowest BCUT2D eigenvalue weighted by molar-refractivity contribution is 0.146. The van der Waals surface area contributed by atoms with Gasteiger partial charge in [-0.15, -0.1) is 0 Å². The summed E-state index contributed by atoms with van der Waals surface area (Å²) in [5.41, 5.74) is 10.2. The fourth-order valence-corrected chi connectivity index (χ4v) is 3.16. The molecule has 0 aliphatic heterocycles. The lowest BCUT2D eigenvalue weighted by atomic mass is 9.88. The maximum absolute atomic E-state index is 10.7. The van der Waals surface area contributed by atoms with Crippen molar-refractivity contribution in [2.45, 2.75) is 25.9 Å². The van der Waals surface area contributed by atoms with Crippen molar-refractivity contribution >= 4 is 15.9 Å². The molecular formula is C17H20BrNO. The highest BCUT2D eigenvalue weighted by molar-refractivity contribution is 9.10. The van der Waals surface area contributed by atoms with Gasteiger partial charge in [-0.1, -0.05) is 57.9 Å². The average Bonchev–Trinajstić information content (AvgIpc) is 2.39. The number of aliphatic hydroxyl groups is 1. The van der Waals surface area contributed by atoms with E-state index in [1.807, 2.05) is 50.2 Å². The third kappa shape index (κ3) is 3.29. The number of aliphatic hydroxyl groups excluding tert-OH is 1. The molecule has 0 amide bonds. The maximum Gasteiger partial charge on any atom is 0.0881 e. The smallest absolute Gasteiger partial charge is 0.0881 e. The second kappa shape index (κ2) is 6.53. The number of hydrogen-bond donors (Lipinski definition) is 2. The molecule has 0 aliphatic rings. The third-order valence-corrected chi connectivity index (χ3v) is 4.27. The predicted molar refractivity (Wildman–Crippen MR) is 86.8 cm³/mol.